The van der Waals surface area contributed by atoms with Crippen LogP contribution in [-0.2, 0) is 0 Å². The van der Waals surface area contributed by atoms with Gasteiger partial charge in [-0.1, -0.05) is 29.8 Å². The molecule has 0 aliphatic carbocycles. The van der Waals surface area contributed by atoms with Crippen LogP contribution in [0.15, 0.2) is 52.1 Å². The van der Waals surface area contributed by atoms with Crippen LogP contribution in [0, 0.1) is 0 Å². The number of fused-ring (bicyclic) bond motifs is 2. The molecular formula is C14H9Cl2NO2. The average molecular weight is 294 g/mol. The molecule has 0 aliphatic heterocycles. The van der Waals surface area contributed by atoms with Gasteiger partial charge in [0.25, 0.3) is 5.56 Å². The Hall–Kier alpha value is -1.84. The summed E-state index contributed by atoms with van der Waals surface area (Å²) in [6.45, 7) is 0. The molecule has 5 heteroatoms. The van der Waals surface area contributed by atoms with Crippen molar-refractivity contribution in [3.05, 3.63) is 68.1 Å². The van der Waals surface area contributed by atoms with Crippen molar-refractivity contribution in [1.29, 1.82) is 0 Å². The highest BCUT2D eigenvalue weighted by atomic mass is 35.5. The van der Waals surface area contributed by atoms with Crippen molar-refractivity contribution in [3.63, 3.8) is 0 Å². The van der Waals surface area contributed by atoms with E-state index in [1.807, 2.05) is 0 Å². The van der Waals surface area contributed by atoms with Crippen LogP contribution in [-0.4, -0.2) is 4.98 Å². The summed E-state index contributed by atoms with van der Waals surface area (Å²) in [5.41, 5.74) is 0.0204. The molecule has 0 radical (unpaired) electrons. The summed E-state index contributed by atoms with van der Waals surface area (Å²) in [5.74, 6) is 0. The molecule has 96 valence electrons. The molecule has 0 fully saturated rings. The van der Waals surface area contributed by atoms with Crippen LogP contribution in [0.5, 0.6) is 0 Å². The number of rotatable bonds is 0. The van der Waals surface area contributed by atoms with Crippen molar-refractivity contribution < 1.29 is 0 Å². The lowest BCUT2D eigenvalue weighted by atomic mass is 10.1. The fourth-order valence-corrected chi connectivity index (χ4v) is 2.20. The van der Waals surface area contributed by atoms with Gasteiger partial charge in [0.05, 0.1) is 10.9 Å². The van der Waals surface area contributed by atoms with Gasteiger partial charge in [-0.05, 0) is 24.3 Å². The summed E-state index contributed by atoms with van der Waals surface area (Å²) in [5, 5.41) is 1.67. The van der Waals surface area contributed by atoms with E-state index in [9.17, 15) is 9.59 Å². The summed E-state index contributed by atoms with van der Waals surface area (Å²) in [4.78, 5) is 27.1. The molecule has 3 nitrogen and oxygen atoms in total. The van der Waals surface area contributed by atoms with Gasteiger partial charge in [-0.25, -0.2) is 0 Å². The number of benzene rings is 2. The molecule has 1 N–H and O–H groups in total. The van der Waals surface area contributed by atoms with Gasteiger partial charge < -0.3 is 4.98 Å². The topological polar surface area (TPSA) is 49.9 Å². The SMILES string of the molecule is Cl.O=c1[nH]c2ccc(Cl)cc2c(=O)c2ccccc12. The lowest BCUT2D eigenvalue weighted by Crippen LogP contribution is -2.02. The quantitative estimate of drug-likeness (QED) is 0.692. The summed E-state index contributed by atoms with van der Waals surface area (Å²) in [6.07, 6.45) is 0. The van der Waals surface area contributed by atoms with E-state index < -0.39 is 0 Å². The van der Waals surface area contributed by atoms with E-state index in [-0.39, 0.29) is 23.4 Å². The second-order valence-electron chi connectivity index (χ2n) is 4.02. The first kappa shape index (κ1) is 13.6. The first-order valence-electron chi connectivity index (χ1n) is 5.41. The summed E-state index contributed by atoms with van der Waals surface area (Å²) in [7, 11) is 0. The van der Waals surface area contributed by atoms with Crippen LogP contribution >= 0.6 is 24.0 Å². The van der Waals surface area contributed by atoms with Crippen LogP contribution in [0.4, 0.5) is 0 Å². The van der Waals surface area contributed by atoms with Gasteiger partial charge in [0.1, 0.15) is 0 Å². The first-order valence-corrected chi connectivity index (χ1v) is 5.79. The van der Waals surface area contributed by atoms with Gasteiger partial charge in [0.2, 0.25) is 0 Å². The summed E-state index contributed by atoms with van der Waals surface area (Å²) in [6, 6.07) is 11.6. The largest absolute Gasteiger partial charge is 0.321 e. The molecular weight excluding hydrogens is 285 g/mol. The van der Waals surface area contributed by atoms with E-state index in [2.05, 4.69) is 4.98 Å². The van der Waals surface area contributed by atoms with Gasteiger partial charge in [-0.2, -0.15) is 0 Å². The number of nitrogens with one attached hydrogen (secondary N) is 1. The highest BCUT2D eigenvalue weighted by Crippen LogP contribution is 2.15. The smallest absolute Gasteiger partial charge is 0.256 e. The second-order valence-corrected chi connectivity index (χ2v) is 4.46. The standard InChI is InChI=1S/C14H8ClNO2.ClH/c15-8-5-6-12-11(7-8)13(17)9-3-1-2-4-10(9)14(18)16-12;/h1-7H,(H,16,18);1H. The van der Waals surface area contributed by atoms with E-state index in [1.165, 1.54) is 0 Å². The number of hydrogen-bond acceptors (Lipinski definition) is 2. The molecule has 1 aromatic heterocycles. The zero-order chi connectivity index (χ0) is 12.7. The van der Waals surface area contributed by atoms with Gasteiger partial charge in [0, 0.05) is 15.8 Å². The normalized spacial score (nSPS) is 10.4. The number of aromatic amines is 1. The predicted octanol–water partition coefficient (Wildman–Crippen LogP) is 3.12. The molecule has 0 saturated heterocycles. The van der Waals surface area contributed by atoms with Crippen molar-refractivity contribution in [2.45, 2.75) is 0 Å². The number of H-pyrrole nitrogens is 1. The minimum Gasteiger partial charge on any atom is -0.321 e. The lowest BCUT2D eigenvalue weighted by Gasteiger charge is -1.92. The Morgan fingerprint density at radius 3 is 2.32 bits per heavy atom. The van der Waals surface area contributed by atoms with Gasteiger partial charge in [-0.3, -0.25) is 9.59 Å². The van der Waals surface area contributed by atoms with Crippen molar-refractivity contribution in [2.75, 3.05) is 0 Å². The Kier molecular flexibility index (Phi) is 3.60. The molecule has 2 aromatic carbocycles. The Labute approximate surface area is 119 Å². The molecule has 0 amide bonds. The second kappa shape index (κ2) is 5.03. The summed E-state index contributed by atoms with van der Waals surface area (Å²) < 4.78 is 0. The third-order valence-electron chi connectivity index (χ3n) is 2.89. The van der Waals surface area contributed by atoms with E-state index in [1.54, 1.807) is 42.5 Å². The Morgan fingerprint density at radius 1 is 0.895 bits per heavy atom. The van der Waals surface area contributed by atoms with Crippen molar-refractivity contribution in [2.24, 2.45) is 0 Å². The monoisotopic (exact) mass is 293 g/mol. The van der Waals surface area contributed by atoms with E-state index in [4.69, 9.17) is 11.6 Å². The molecule has 0 bridgehead atoms. The fourth-order valence-electron chi connectivity index (χ4n) is 2.03. The highest BCUT2D eigenvalue weighted by Gasteiger charge is 2.05. The number of aromatic nitrogens is 1. The molecule has 0 aliphatic rings. The van der Waals surface area contributed by atoms with Crippen LogP contribution in [0.2, 0.25) is 5.02 Å². The van der Waals surface area contributed by atoms with Crippen molar-refractivity contribution in [3.8, 4) is 0 Å². The van der Waals surface area contributed by atoms with Crippen LogP contribution in [0.3, 0.4) is 0 Å². The molecule has 3 rings (SSSR count). The molecule has 3 aromatic rings. The molecule has 0 spiro atoms. The minimum absolute atomic E-state index is 0. The van der Waals surface area contributed by atoms with Gasteiger partial charge in [0.15, 0.2) is 5.43 Å². The maximum Gasteiger partial charge on any atom is 0.256 e. The molecule has 0 saturated carbocycles. The maximum atomic E-state index is 12.4. The Morgan fingerprint density at radius 2 is 1.58 bits per heavy atom. The first-order chi connectivity index (χ1) is 8.66. The van der Waals surface area contributed by atoms with Gasteiger partial charge in [-0.15, -0.1) is 12.4 Å². The molecule has 0 unspecified atom stereocenters. The van der Waals surface area contributed by atoms with Crippen LogP contribution in [0.1, 0.15) is 0 Å². The van der Waals surface area contributed by atoms with Crippen molar-refractivity contribution >= 4 is 45.7 Å². The van der Waals surface area contributed by atoms with Crippen molar-refractivity contribution in [1.82, 2.24) is 4.98 Å². The lowest BCUT2D eigenvalue weighted by molar-refractivity contribution is 1.36. The maximum absolute atomic E-state index is 12.4. The zero-order valence-electron chi connectivity index (χ0n) is 9.64. The number of hydrogen-bond donors (Lipinski definition) is 1. The highest BCUT2D eigenvalue weighted by molar-refractivity contribution is 6.31. The zero-order valence-corrected chi connectivity index (χ0v) is 11.2. The Bertz CT molecular complexity index is 887. The van der Waals surface area contributed by atoms with Crippen LogP contribution < -0.4 is 11.0 Å². The molecule has 19 heavy (non-hydrogen) atoms. The minimum atomic E-state index is -0.278. The van der Waals surface area contributed by atoms with E-state index in [0.717, 1.165) is 0 Å². The third-order valence-corrected chi connectivity index (χ3v) is 3.13. The fraction of sp³-hybridized carbons (Fsp3) is 0. The average Bonchev–Trinajstić information content (AvgIpc) is 2.48. The molecule has 0 atom stereocenters. The number of halogens is 2. The summed E-state index contributed by atoms with van der Waals surface area (Å²) >= 11 is 5.89. The van der Waals surface area contributed by atoms with Crippen LogP contribution in [0.25, 0.3) is 21.7 Å². The van der Waals surface area contributed by atoms with E-state index in [0.29, 0.717) is 26.7 Å². The van der Waals surface area contributed by atoms with E-state index >= 15 is 0 Å². The predicted molar refractivity (Wildman–Crippen MR) is 80.6 cm³/mol. The third kappa shape index (κ3) is 2.23. The Balaban J connectivity index is 0.00000133. The molecule has 1 heterocycles. The van der Waals surface area contributed by atoms with Gasteiger partial charge >= 0.3 is 0 Å².